The van der Waals surface area contributed by atoms with Gasteiger partial charge in [-0.3, -0.25) is 9.59 Å². The molecule has 0 aliphatic heterocycles. The Morgan fingerprint density at radius 1 is 0.946 bits per heavy atom. The first-order chi connectivity index (χ1) is 17.6. The number of aliphatic carboxylic acids is 1. The average Bonchev–Trinajstić information content (AvgIpc) is 2.86. The Hall–Kier alpha value is -3.85. The molecule has 3 aromatic carbocycles. The van der Waals surface area contributed by atoms with Crippen molar-refractivity contribution >= 4 is 11.9 Å². The number of carboxylic acid groups (broad SMARTS) is 1. The van der Waals surface area contributed by atoms with Crippen LogP contribution < -0.4 is 4.74 Å². The summed E-state index contributed by atoms with van der Waals surface area (Å²) in [4.78, 5) is 25.5. The van der Waals surface area contributed by atoms with Crippen LogP contribution in [-0.2, 0) is 40.1 Å². The van der Waals surface area contributed by atoms with E-state index in [2.05, 4.69) is 0 Å². The normalized spacial score (nSPS) is 11.3. The topological polar surface area (TPSA) is 76.1 Å². The zero-order valence-corrected chi connectivity index (χ0v) is 20.5. The summed E-state index contributed by atoms with van der Waals surface area (Å²) in [5.74, 6) is -1.04. The van der Waals surface area contributed by atoms with E-state index in [1.54, 1.807) is 25.1 Å². The Balaban J connectivity index is 1.93. The maximum Gasteiger partial charge on any atom is 0.416 e. The van der Waals surface area contributed by atoms with Crippen LogP contribution in [0.15, 0.2) is 66.7 Å². The number of ether oxygens (including phenoxy) is 2. The molecule has 0 bridgehead atoms. The van der Waals surface area contributed by atoms with Crippen molar-refractivity contribution in [2.45, 2.75) is 32.7 Å². The van der Waals surface area contributed by atoms with Crippen LogP contribution in [0.3, 0.4) is 0 Å². The van der Waals surface area contributed by atoms with Crippen molar-refractivity contribution in [3.63, 3.8) is 0 Å². The lowest BCUT2D eigenvalue weighted by Gasteiger charge is -2.24. The van der Waals surface area contributed by atoms with E-state index in [1.807, 2.05) is 30.3 Å². The molecular weight excluding hydrogens is 487 g/mol. The average molecular weight is 516 g/mol. The number of carbonyl (C=O) groups excluding carboxylic acids is 1. The van der Waals surface area contributed by atoms with Crippen LogP contribution in [0.5, 0.6) is 5.75 Å². The first kappa shape index (κ1) is 27.7. The number of nitrogens with zero attached hydrogens (tertiary/aromatic N) is 1. The number of likely N-dealkylation sites (N-methyl/N-ethyl adjacent to an activating group) is 1. The third-order valence-corrected chi connectivity index (χ3v) is 5.77. The molecule has 0 aliphatic carbocycles. The maximum atomic E-state index is 13.6. The molecule has 0 saturated carbocycles. The fraction of sp³-hybridized carbons (Fsp3) is 0.286. The summed E-state index contributed by atoms with van der Waals surface area (Å²) in [6.07, 6.45) is -4.84. The summed E-state index contributed by atoms with van der Waals surface area (Å²) >= 11 is 0. The van der Waals surface area contributed by atoms with Crippen molar-refractivity contribution in [2.75, 3.05) is 20.3 Å². The van der Waals surface area contributed by atoms with Gasteiger partial charge < -0.3 is 19.5 Å². The van der Waals surface area contributed by atoms with Gasteiger partial charge in [0.25, 0.3) is 0 Å². The van der Waals surface area contributed by atoms with Gasteiger partial charge in [0.15, 0.2) is 0 Å². The van der Waals surface area contributed by atoms with E-state index < -0.39 is 17.7 Å². The van der Waals surface area contributed by atoms with E-state index in [-0.39, 0.29) is 44.2 Å². The highest BCUT2D eigenvalue weighted by Crippen LogP contribution is 2.38. The summed E-state index contributed by atoms with van der Waals surface area (Å²) in [6.45, 7) is 1.88. The maximum absolute atomic E-state index is 13.6. The zero-order chi connectivity index (χ0) is 27.0. The molecule has 0 saturated heterocycles. The minimum atomic E-state index is -4.58. The molecule has 0 fully saturated rings. The molecule has 0 heterocycles. The van der Waals surface area contributed by atoms with Crippen LogP contribution >= 0.6 is 0 Å². The van der Waals surface area contributed by atoms with Gasteiger partial charge in [0.1, 0.15) is 12.4 Å². The summed E-state index contributed by atoms with van der Waals surface area (Å²) in [5.41, 5.74) is 1.61. The zero-order valence-electron chi connectivity index (χ0n) is 20.5. The molecule has 0 spiro atoms. The molecule has 3 rings (SSSR count). The third kappa shape index (κ3) is 7.57. The number of methoxy groups -OCH3 is 1. The molecule has 37 heavy (non-hydrogen) atoms. The highest BCUT2D eigenvalue weighted by molar-refractivity contribution is 5.79. The second kappa shape index (κ2) is 12.4. The minimum Gasteiger partial charge on any atom is -0.496 e. The quantitative estimate of drug-likeness (QED) is 0.361. The fourth-order valence-electron chi connectivity index (χ4n) is 3.92. The summed E-state index contributed by atoms with van der Waals surface area (Å²) in [5, 5.41) is 9.18. The van der Waals surface area contributed by atoms with Crippen molar-refractivity contribution < 1.29 is 37.3 Å². The number of amides is 1. The smallest absolute Gasteiger partial charge is 0.416 e. The largest absolute Gasteiger partial charge is 0.496 e. The van der Waals surface area contributed by atoms with Crippen LogP contribution in [0.1, 0.15) is 29.2 Å². The molecule has 9 heteroatoms. The molecule has 0 atom stereocenters. The van der Waals surface area contributed by atoms with Crippen LogP contribution in [0.25, 0.3) is 11.1 Å². The number of benzene rings is 3. The van der Waals surface area contributed by atoms with Crippen LogP contribution in [-0.4, -0.2) is 42.1 Å². The van der Waals surface area contributed by atoms with Gasteiger partial charge in [-0.1, -0.05) is 42.5 Å². The van der Waals surface area contributed by atoms with E-state index in [0.717, 1.165) is 17.7 Å². The lowest BCUT2D eigenvalue weighted by atomic mass is 9.94. The van der Waals surface area contributed by atoms with E-state index in [1.165, 1.54) is 18.1 Å². The van der Waals surface area contributed by atoms with Gasteiger partial charge in [-0.15, -0.1) is 0 Å². The second-order valence-corrected chi connectivity index (χ2v) is 8.36. The molecule has 0 aliphatic rings. The van der Waals surface area contributed by atoms with E-state index in [0.29, 0.717) is 22.4 Å². The monoisotopic (exact) mass is 515 g/mol. The Labute approximate surface area is 213 Å². The predicted octanol–water partition coefficient (Wildman–Crippen LogP) is 5.57. The Morgan fingerprint density at radius 2 is 1.68 bits per heavy atom. The molecule has 6 nitrogen and oxygen atoms in total. The fourth-order valence-corrected chi connectivity index (χ4v) is 3.92. The lowest BCUT2D eigenvalue weighted by Crippen LogP contribution is -2.33. The predicted molar refractivity (Wildman–Crippen MR) is 132 cm³/mol. The van der Waals surface area contributed by atoms with Crippen LogP contribution in [0.2, 0.25) is 0 Å². The number of hydrogen-bond donors (Lipinski definition) is 1. The lowest BCUT2D eigenvalue weighted by molar-refractivity contribution is -0.138. The van der Waals surface area contributed by atoms with E-state index in [4.69, 9.17) is 9.47 Å². The number of carboxylic acids is 1. The highest BCUT2D eigenvalue weighted by Gasteiger charge is 2.31. The van der Waals surface area contributed by atoms with Crippen molar-refractivity contribution in [3.05, 3.63) is 89.0 Å². The van der Waals surface area contributed by atoms with Crippen molar-refractivity contribution in [3.8, 4) is 16.9 Å². The van der Waals surface area contributed by atoms with E-state index in [9.17, 15) is 27.9 Å². The molecule has 3 aromatic rings. The number of rotatable bonds is 11. The van der Waals surface area contributed by atoms with Crippen LogP contribution in [0.4, 0.5) is 13.2 Å². The van der Waals surface area contributed by atoms with Crippen LogP contribution in [0, 0.1) is 0 Å². The number of halogens is 3. The number of hydrogen-bond acceptors (Lipinski definition) is 4. The second-order valence-electron chi connectivity index (χ2n) is 8.36. The van der Waals surface area contributed by atoms with Gasteiger partial charge >= 0.3 is 12.1 Å². The molecule has 0 radical (unpaired) electrons. The van der Waals surface area contributed by atoms with Gasteiger partial charge in [0.05, 0.1) is 25.7 Å². The SMILES string of the molecule is CCN(Cc1cc(C(F)(F)F)ccc1-c1cc(CC(=O)O)ccc1OC)C(=O)COCc1ccccc1. The van der Waals surface area contributed by atoms with Gasteiger partial charge in [-0.2, -0.15) is 13.2 Å². The van der Waals surface area contributed by atoms with Crippen molar-refractivity contribution in [1.82, 2.24) is 4.90 Å². The standard InChI is InChI=1S/C28H28F3NO5/c1-3-32(26(33)18-37-17-19-7-5-4-6-8-19)16-21-15-22(28(29,30)31)10-11-23(21)24-13-20(14-27(34)35)9-12-25(24)36-2/h4-13,15H,3,14,16-18H2,1-2H3,(H,34,35). The van der Waals surface area contributed by atoms with E-state index >= 15 is 0 Å². The Bertz CT molecular complexity index is 1230. The first-order valence-corrected chi connectivity index (χ1v) is 11.6. The molecule has 1 amide bonds. The summed E-state index contributed by atoms with van der Waals surface area (Å²) in [7, 11) is 1.42. The highest BCUT2D eigenvalue weighted by atomic mass is 19.4. The summed E-state index contributed by atoms with van der Waals surface area (Å²) in [6, 6.07) is 17.4. The number of carbonyl (C=O) groups is 2. The third-order valence-electron chi connectivity index (χ3n) is 5.77. The summed E-state index contributed by atoms with van der Waals surface area (Å²) < 4.78 is 51.7. The Morgan fingerprint density at radius 3 is 2.30 bits per heavy atom. The van der Waals surface area contributed by atoms with Gasteiger partial charge in [-0.25, -0.2) is 0 Å². The molecule has 0 unspecified atom stereocenters. The minimum absolute atomic E-state index is 0.102. The van der Waals surface area contributed by atoms with Gasteiger partial charge in [-0.05, 0) is 53.4 Å². The van der Waals surface area contributed by atoms with Gasteiger partial charge in [0, 0.05) is 18.7 Å². The Kier molecular flexibility index (Phi) is 9.30. The molecule has 0 aromatic heterocycles. The number of alkyl halides is 3. The van der Waals surface area contributed by atoms with Crippen molar-refractivity contribution in [2.24, 2.45) is 0 Å². The first-order valence-electron chi connectivity index (χ1n) is 11.6. The van der Waals surface area contributed by atoms with Gasteiger partial charge in [0.2, 0.25) is 5.91 Å². The molecule has 1 N–H and O–H groups in total. The van der Waals surface area contributed by atoms with Crippen molar-refractivity contribution in [1.29, 1.82) is 0 Å². The molecular formula is C28H28F3NO5. The molecule has 196 valence electrons.